The number of benzene rings is 1. The van der Waals surface area contributed by atoms with Crippen LogP contribution >= 0.6 is 0 Å². The summed E-state index contributed by atoms with van der Waals surface area (Å²) >= 11 is 0. The van der Waals surface area contributed by atoms with Crippen LogP contribution in [-0.2, 0) is 4.74 Å². The number of ether oxygens (including phenoxy) is 1. The molecular weight excluding hydrogens is 308 g/mol. The van der Waals surface area contributed by atoms with Gasteiger partial charge < -0.3 is 25.3 Å². The van der Waals surface area contributed by atoms with Gasteiger partial charge in [-0.1, -0.05) is 30.3 Å². The van der Waals surface area contributed by atoms with Gasteiger partial charge in [-0.2, -0.15) is 4.98 Å². The lowest BCUT2D eigenvalue weighted by molar-refractivity contribution is -0.0355. The van der Waals surface area contributed by atoms with Gasteiger partial charge in [0, 0.05) is 11.6 Å². The standard InChI is InChI=1S/C17H18N4O3/c1-9-11-7-8-21(15(11)20-17(18)19-9)16-13(23)12(22)14(24-16)10-5-3-2-4-6-10/h2-8,12-14,16,22-23H,1H3,(H2,18,19,20)/t12-,13+,14-,16+/m0/s1. The maximum atomic E-state index is 10.5. The molecule has 0 amide bonds. The minimum absolute atomic E-state index is 0.160. The third-order valence-electron chi connectivity index (χ3n) is 4.42. The molecular formula is C17H18N4O3. The van der Waals surface area contributed by atoms with Crippen LogP contribution in [0.1, 0.15) is 23.6 Å². The fourth-order valence-electron chi connectivity index (χ4n) is 3.22. The molecule has 1 saturated heterocycles. The van der Waals surface area contributed by atoms with Gasteiger partial charge in [-0.3, -0.25) is 0 Å². The molecule has 1 aliphatic rings. The number of hydrogen-bond acceptors (Lipinski definition) is 6. The summed E-state index contributed by atoms with van der Waals surface area (Å²) in [5.74, 6) is 0.160. The lowest BCUT2D eigenvalue weighted by atomic mass is 10.0. The highest BCUT2D eigenvalue weighted by Gasteiger charge is 2.44. The van der Waals surface area contributed by atoms with Crippen LogP contribution in [-0.4, -0.2) is 37.0 Å². The van der Waals surface area contributed by atoms with E-state index in [1.165, 1.54) is 0 Å². The van der Waals surface area contributed by atoms with Gasteiger partial charge in [0.2, 0.25) is 5.95 Å². The van der Waals surface area contributed by atoms with Gasteiger partial charge in [-0.05, 0) is 18.6 Å². The number of nitrogens with two attached hydrogens (primary N) is 1. The number of anilines is 1. The Kier molecular flexibility index (Phi) is 3.49. The third-order valence-corrected chi connectivity index (χ3v) is 4.42. The van der Waals surface area contributed by atoms with E-state index in [-0.39, 0.29) is 5.95 Å². The Balaban J connectivity index is 1.75. The summed E-state index contributed by atoms with van der Waals surface area (Å²) in [6.45, 7) is 1.85. The molecule has 4 rings (SSSR count). The second-order valence-electron chi connectivity index (χ2n) is 5.97. The summed E-state index contributed by atoms with van der Waals surface area (Å²) in [7, 11) is 0. The first-order valence-electron chi connectivity index (χ1n) is 7.73. The highest BCUT2D eigenvalue weighted by Crippen LogP contribution is 2.40. The molecule has 7 heteroatoms. The molecule has 1 fully saturated rings. The van der Waals surface area contributed by atoms with Crippen molar-refractivity contribution in [1.82, 2.24) is 14.5 Å². The van der Waals surface area contributed by atoms with Gasteiger partial charge in [0.05, 0.1) is 5.69 Å². The first kappa shape index (κ1) is 15.1. The van der Waals surface area contributed by atoms with Gasteiger partial charge >= 0.3 is 0 Å². The van der Waals surface area contributed by atoms with E-state index < -0.39 is 24.5 Å². The number of rotatable bonds is 2. The Bertz CT molecular complexity index is 880. The van der Waals surface area contributed by atoms with Crippen molar-refractivity contribution in [2.75, 3.05) is 5.73 Å². The normalized spacial score (nSPS) is 27.0. The average Bonchev–Trinajstić information content (AvgIpc) is 3.11. The van der Waals surface area contributed by atoms with Crippen LogP contribution in [0.3, 0.4) is 0 Å². The summed E-state index contributed by atoms with van der Waals surface area (Å²) in [5.41, 5.74) is 7.88. The number of aromatic nitrogens is 3. The SMILES string of the molecule is Cc1nc(N)nc2c1ccn2[C@@H]1O[C@@H](c2ccccc2)[C@@H](O)[C@H]1O. The Labute approximate surface area is 138 Å². The average molecular weight is 326 g/mol. The topological polar surface area (TPSA) is 106 Å². The van der Waals surface area contributed by atoms with Crippen molar-refractivity contribution in [1.29, 1.82) is 0 Å². The lowest BCUT2D eigenvalue weighted by Gasteiger charge is -2.17. The van der Waals surface area contributed by atoms with E-state index in [0.717, 1.165) is 16.6 Å². The fraction of sp³-hybridized carbons (Fsp3) is 0.294. The van der Waals surface area contributed by atoms with Gasteiger partial charge in [0.25, 0.3) is 0 Å². The van der Waals surface area contributed by atoms with E-state index in [2.05, 4.69) is 9.97 Å². The zero-order valence-corrected chi connectivity index (χ0v) is 13.1. The molecule has 7 nitrogen and oxygen atoms in total. The van der Waals surface area contributed by atoms with Crippen molar-refractivity contribution in [3.05, 3.63) is 53.9 Å². The maximum absolute atomic E-state index is 10.5. The third kappa shape index (κ3) is 2.25. The van der Waals surface area contributed by atoms with E-state index in [0.29, 0.717) is 5.65 Å². The monoisotopic (exact) mass is 326 g/mol. The van der Waals surface area contributed by atoms with Crippen LogP contribution in [0.25, 0.3) is 11.0 Å². The van der Waals surface area contributed by atoms with Crippen LogP contribution in [0.4, 0.5) is 5.95 Å². The van der Waals surface area contributed by atoms with Crippen molar-refractivity contribution < 1.29 is 14.9 Å². The second-order valence-corrected chi connectivity index (χ2v) is 5.97. The van der Waals surface area contributed by atoms with Gasteiger partial charge in [-0.15, -0.1) is 0 Å². The maximum Gasteiger partial charge on any atom is 0.222 e. The highest BCUT2D eigenvalue weighted by molar-refractivity contribution is 5.79. The van der Waals surface area contributed by atoms with Crippen LogP contribution < -0.4 is 5.73 Å². The van der Waals surface area contributed by atoms with Crippen molar-refractivity contribution in [3.63, 3.8) is 0 Å². The molecule has 1 aromatic carbocycles. The molecule has 0 bridgehead atoms. The summed E-state index contributed by atoms with van der Waals surface area (Å²) in [6, 6.07) is 11.2. The molecule has 3 heterocycles. The second kappa shape index (κ2) is 5.55. The Morgan fingerprint density at radius 3 is 2.58 bits per heavy atom. The quantitative estimate of drug-likeness (QED) is 0.655. The minimum Gasteiger partial charge on any atom is -0.387 e. The van der Waals surface area contributed by atoms with Crippen LogP contribution in [0, 0.1) is 6.92 Å². The lowest BCUT2D eigenvalue weighted by Crippen LogP contribution is -2.29. The largest absolute Gasteiger partial charge is 0.387 e. The fourth-order valence-corrected chi connectivity index (χ4v) is 3.22. The first-order chi connectivity index (χ1) is 11.6. The van der Waals surface area contributed by atoms with E-state index >= 15 is 0 Å². The zero-order valence-electron chi connectivity index (χ0n) is 13.1. The van der Waals surface area contributed by atoms with Gasteiger partial charge in [-0.25, -0.2) is 4.98 Å². The number of nitrogen functional groups attached to an aromatic ring is 1. The Morgan fingerprint density at radius 1 is 1.08 bits per heavy atom. The summed E-state index contributed by atoms with van der Waals surface area (Å²) < 4.78 is 7.66. The smallest absolute Gasteiger partial charge is 0.222 e. The highest BCUT2D eigenvalue weighted by atomic mass is 16.6. The molecule has 0 radical (unpaired) electrons. The molecule has 24 heavy (non-hydrogen) atoms. The van der Waals surface area contributed by atoms with E-state index in [1.54, 1.807) is 10.8 Å². The van der Waals surface area contributed by atoms with Crippen molar-refractivity contribution in [3.8, 4) is 0 Å². The molecule has 0 saturated carbocycles. The van der Waals surface area contributed by atoms with Crippen molar-refractivity contribution in [2.24, 2.45) is 0 Å². The molecule has 2 aromatic heterocycles. The Hall–Kier alpha value is -2.48. The van der Waals surface area contributed by atoms with Gasteiger partial charge in [0.15, 0.2) is 6.23 Å². The Morgan fingerprint density at radius 2 is 1.83 bits per heavy atom. The molecule has 0 unspecified atom stereocenters. The molecule has 3 aromatic rings. The molecule has 1 aliphatic heterocycles. The zero-order chi connectivity index (χ0) is 16.8. The van der Waals surface area contributed by atoms with Crippen LogP contribution in [0.2, 0.25) is 0 Å². The number of nitrogens with zero attached hydrogens (tertiary/aromatic N) is 3. The number of hydrogen-bond donors (Lipinski definition) is 3. The molecule has 124 valence electrons. The molecule has 0 aliphatic carbocycles. The van der Waals surface area contributed by atoms with Gasteiger partial charge in [0.1, 0.15) is 24.0 Å². The number of aliphatic hydroxyl groups excluding tert-OH is 2. The number of aryl methyl sites for hydroxylation is 1. The van der Waals surface area contributed by atoms with Crippen LogP contribution in [0.5, 0.6) is 0 Å². The minimum atomic E-state index is -1.08. The van der Waals surface area contributed by atoms with E-state index in [9.17, 15) is 10.2 Å². The summed E-state index contributed by atoms with van der Waals surface area (Å²) in [4.78, 5) is 8.39. The van der Waals surface area contributed by atoms with Crippen LogP contribution in [0.15, 0.2) is 42.6 Å². The summed E-state index contributed by atoms with van der Waals surface area (Å²) in [6.07, 6.45) is -1.71. The number of fused-ring (bicyclic) bond motifs is 1. The van der Waals surface area contributed by atoms with Crippen molar-refractivity contribution in [2.45, 2.75) is 31.5 Å². The van der Waals surface area contributed by atoms with E-state index in [1.807, 2.05) is 43.3 Å². The molecule has 4 N–H and O–H groups in total. The molecule has 4 atom stereocenters. The predicted molar refractivity (Wildman–Crippen MR) is 88.0 cm³/mol. The molecule has 0 spiro atoms. The summed E-state index contributed by atoms with van der Waals surface area (Å²) in [5, 5.41) is 21.7. The van der Waals surface area contributed by atoms with Crippen molar-refractivity contribution >= 4 is 17.0 Å². The number of aliphatic hydroxyl groups is 2. The van der Waals surface area contributed by atoms with E-state index in [4.69, 9.17) is 10.5 Å². The first-order valence-corrected chi connectivity index (χ1v) is 7.73. The predicted octanol–water partition coefficient (Wildman–Crippen LogP) is 1.31.